The van der Waals surface area contributed by atoms with Crippen molar-refractivity contribution in [2.24, 2.45) is 5.92 Å². The molecule has 0 spiro atoms. The maximum Gasteiger partial charge on any atom is 0.255 e. The number of hydrogen-bond acceptors (Lipinski definition) is 3. The highest BCUT2D eigenvalue weighted by Gasteiger charge is 2.22. The summed E-state index contributed by atoms with van der Waals surface area (Å²) < 4.78 is 0. The largest absolute Gasteiger partial charge is 0.395 e. The summed E-state index contributed by atoms with van der Waals surface area (Å²) in [5.74, 6) is 6.38. The van der Waals surface area contributed by atoms with Crippen LogP contribution in [0, 0.1) is 17.8 Å². The highest BCUT2D eigenvalue weighted by atomic mass is 16.2. The fourth-order valence-corrected chi connectivity index (χ4v) is 2.21. The third-order valence-corrected chi connectivity index (χ3v) is 3.56. The van der Waals surface area contributed by atoms with Gasteiger partial charge in [-0.15, -0.1) is 0 Å². The summed E-state index contributed by atoms with van der Waals surface area (Å²) in [6.45, 7) is 0.864. The molecule has 0 aliphatic heterocycles. The smallest absolute Gasteiger partial charge is 0.255 e. The lowest BCUT2D eigenvalue weighted by Gasteiger charge is -2.30. The Morgan fingerprint density at radius 2 is 2.30 bits per heavy atom. The van der Waals surface area contributed by atoms with E-state index in [0.717, 1.165) is 6.54 Å². The number of carbonyl (C=O) groups is 1. The first-order valence-corrected chi connectivity index (χ1v) is 7.01. The van der Waals surface area contributed by atoms with E-state index in [1.54, 1.807) is 23.4 Å². The number of hydrogen-bond donors (Lipinski definition) is 1. The number of carbonyl (C=O) groups excluding carboxylic acids is 1. The van der Waals surface area contributed by atoms with Crippen molar-refractivity contribution in [1.29, 1.82) is 0 Å². The lowest BCUT2D eigenvalue weighted by atomic mass is 9.85. The Morgan fingerprint density at radius 1 is 1.50 bits per heavy atom. The first-order chi connectivity index (χ1) is 9.70. The van der Waals surface area contributed by atoms with Gasteiger partial charge >= 0.3 is 0 Å². The van der Waals surface area contributed by atoms with Crippen LogP contribution < -0.4 is 0 Å². The summed E-state index contributed by atoms with van der Waals surface area (Å²) in [6.07, 6.45) is 7.37. The molecule has 20 heavy (non-hydrogen) atoms. The van der Waals surface area contributed by atoms with Gasteiger partial charge in [-0.3, -0.25) is 9.78 Å². The summed E-state index contributed by atoms with van der Waals surface area (Å²) in [4.78, 5) is 18.1. The quantitative estimate of drug-likeness (QED) is 0.849. The third-order valence-electron chi connectivity index (χ3n) is 3.56. The van der Waals surface area contributed by atoms with E-state index in [-0.39, 0.29) is 12.5 Å². The third kappa shape index (κ3) is 3.82. The second-order valence-corrected chi connectivity index (χ2v) is 5.22. The van der Waals surface area contributed by atoms with Crippen LogP contribution in [0.15, 0.2) is 18.5 Å². The Balaban J connectivity index is 2.01. The van der Waals surface area contributed by atoms with Crippen LogP contribution in [-0.4, -0.2) is 41.1 Å². The van der Waals surface area contributed by atoms with Crippen molar-refractivity contribution in [2.75, 3.05) is 20.2 Å². The zero-order valence-electron chi connectivity index (χ0n) is 11.8. The van der Waals surface area contributed by atoms with Gasteiger partial charge in [0.2, 0.25) is 0 Å². The maximum absolute atomic E-state index is 12.3. The first-order valence-electron chi connectivity index (χ1n) is 7.01. The molecule has 1 amide bonds. The Kier molecular flexibility index (Phi) is 5.14. The molecule has 1 aliphatic carbocycles. The van der Waals surface area contributed by atoms with E-state index in [9.17, 15) is 4.79 Å². The van der Waals surface area contributed by atoms with Gasteiger partial charge in [0.25, 0.3) is 5.91 Å². The summed E-state index contributed by atoms with van der Waals surface area (Å²) >= 11 is 0. The van der Waals surface area contributed by atoms with E-state index in [4.69, 9.17) is 5.11 Å². The number of amides is 1. The topological polar surface area (TPSA) is 53.4 Å². The summed E-state index contributed by atoms with van der Waals surface area (Å²) in [7, 11) is 1.84. The van der Waals surface area contributed by atoms with Crippen LogP contribution in [0.4, 0.5) is 0 Å². The number of nitrogens with zero attached hydrogens (tertiary/aromatic N) is 2. The first kappa shape index (κ1) is 14.5. The van der Waals surface area contributed by atoms with Gasteiger partial charge < -0.3 is 10.0 Å². The second kappa shape index (κ2) is 7.06. The van der Waals surface area contributed by atoms with Gasteiger partial charge in [-0.2, -0.15) is 0 Å². The highest BCUT2D eigenvalue weighted by molar-refractivity contribution is 5.94. The van der Waals surface area contributed by atoms with Crippen LogP contribution in [-0.2, 0) is 0 Å². The molecule has 0 saturated heterocycles. The molecule has 0 aromatic carbocycles. The van der Waals surface area contributed by atoms with E-state index in [2.05, 4.69) is 16.8 Å². The summed E-state index contributed by atoms with van der Waals surface area (Å²) in [6, 6.07) is 1.76. The molecule has 1 heterocycles. The zero-order valence-corrected chi connectivity index (χ0v) is 11.8. The number of pyridine rings is 1. The monoisotopic (exact) mass is 272 g/mol. The van der Waals surface area contributed by atoms with Gasteiger partial charge in [-0.05, 0) is 24.8 Å². The van der Waals surface area contributed by atoms with E-state index in [1.807, 2.05) is 7.05 Å². The minimum atomic E-state index is -0.00444. The molecule has 1 aromatic heterocycles. The molecule has 1 aromatic rings. The second-order valence-electron chi connectivity index (χ2n) is 5.22. The predicted molar refractivity (Wildman–Crippen MR) is 77.1 cm³/mol. The van der Waals surface area contributed by atoms with Crippen LogP contribution >= 0.6 is 0 Å². The lowest BCUT2D eigenvalue weighted by molar-refractivity contribution is 0.0745. The molecule has 1 aliphatic rings. The van der Waals surface area contributed by atoms with Gasteiger partial charge in [0.05, 0.1) is 12.2 Å². The van der Waals surface area contributed by atoms with Crippen LogP contribution in [0.25, 0.3) is 0 Å². The van der Waals surface area contributed by atoms with E-state index >= 15 is 0 Å². The van der Waals surface area contributed by atoms with Gasteiger partial charge in [0, 0.05) is 38.0 Å². The SMILES string of the molecule is CN(CC1CCC1)C(=O)c1cncc(C#CCCO)c1. The zero-order chi connectivity index (χ0) is 14.4. The maximum atomic E-state index is 12.3. The molecule has 1 fully saturated rings. The number of rotatable bonds is 4. The Morgan fingerprint density at radius 3 is 2.95 bits per heavy atom. The summed E-state index contributed by atoms with van der Waals surface area (Å²) in [5, 5.41) is 8.69. The van der Waals surface area contributed by atoms with Crippen molar-refractivity contribution in [3.05, 3.63) is 29.6 Å². The van der Waals surface area contributed by atoms with Crippen LogP contribution in [0.5, 0.6) is 0 Å². The highest BCUT2D eigenvalue weighted by Crippen LogP contribution is 2.27. The van der Waals surface area contributed by atoms with E-state index < -0.39 is 0 Å². The van der Waals surface area contributed by atoms with Crippen molar-refractivity contribution in [1.82, 2.24) is 9.88 Å². The average molecular weight is 272 g/mol. The molecule has 4 nitrogen and oxygen atoms in total. The summed E-state index contributed by atoms with van der Waals surface area (Å²) in [5.41, 5.74) is 1.28. The van der Waals surface area contributed by atoms with E-state index in [1.165, 1.54) is 19.3 Å². The minimum absolute atomic E-state index is 0.00444. The normalized spacial score (nSPS) is 14.1. The Labute approximate surface area is 119 Å². The Hall–Kier alpha value is -1.86. The predicted octanol–water partition coefficient (Wildman–Crippen LogP) is 1.69. The van der Waals surface area contributed by atoms with Gasteiger partial charge in [-0.1, -0.05) is 18.3 Å². The molecule has 1 saturated carbocycles. The van der Waals surface area contributed by atoms with E-state index in [0.29, 0.717) is 23.5 Å². The standard InChI is InChI=1S/C16H20N2O2/c1-18(12-13-6-4-7-13)16(20)15-9-14(10-17-11-15)5-2-3-8-19/h9-11,13,19H,3-4,6-8,12H2,1H3. The molecule has 0 unspecified atom stereocenters. The molecule has 0 radical (unpaired) electrons. The molecule has 0 bridgehead atoms. The number of aliphatic hydroxyl groups excluding tert-OH is 1. The van der Waals surface area contributed by atoms with Gasteiger partial charge in [0.1, 0.15) is 0 Å². The minimum Gasteiger partial charge on any atom is -0.395 e. The molecule has 4 heteroatoms. The van der Waals surface area contributed by atoms with Crippen LogP contribution in [0.2, 0.25) is 0 Å². The lowest BCUT2D eigenvalue weighted by Crippen LogP contribution is -2.34. The van der Waals surface area contributed by atoms with Gasteiger partial charge in [0.15, 0.2) is 0 Å². The van der Waals surface area contributed by atoms with Crippen molar-refractivity contribution in [3.8, 4) is 11.8 Å². The van der Waals surface area contributed by atoms with Crippen molar-refractivity contribution >= 4 is 5.91 Å². The fourth-order valence-electron chi connectivity index (χ4n) is 2.21. The van der Waals surface area contributed by atoms with Crippen LogP contribution in [0.3, 0.4) is 0 Å². The number of aromatic nitrogens is 1. The van der Waals surface area contributed by atoms with Crippen LogP contribution in [0.1, 0.15) is 41.6 Å². The molecular formula is C16H20N2O2. The molecular weight excluding hydrogens is 252 g/mol. The molecule has 1 N–H and O–H groups in total. The Bertz CT molecular complexity index is 527. The fraction of sp³-hybridized carbons (Fsp3) is 0.500. The molecule has 2 rings (SSSR count). The van der Waals surface area contributed by atoms with Crippen molar-refractivity contribution in [2.45, 2.75) is 25.7 Å². The number of aliphatic hydroxyl groups is 1. The molecule has 106 valence electrons. The molecule has 0 atom stereocenters. The average Bonchev–Trinajstić information content (AvgIpc) is 2.42. The van der Waals surface area contributed by atoms with Gasteiger partial charge in [-0.25, -0.2) is 0 Å². The van der Waals surface area contributed by atoms with Crippen molar-refractivity contribution < 1.29 is 9.90 Å². The van der Waals surface area contributed by atoms with Crippen molar-refractivity contribution in [3.63, 3.8) is 0 Å².